The van der Waals surface area contributed by atoms with Gasteiger partial charge in [0.25, 0.3) is 5.91 Å². The molecule has 0 N–H and O–H groups in total. The third kappa shape index (κ3) is 11.3. The van der Waals surface area contributed by atoms with E-state index in [1.807, 2.05) is 65.8 Å². The number of anilines is 1. The van der Waals surface area contributed by atoms with Crippen LogP contribution in [0.4, 0.5) is 5.69 Å². The quantitative estimate of drug-likeness (QED) is 0.102. The number of ether oxygens (including phenoxy) is 1. The average molecular weight is 558 g/mol. The molecule has 0 spiro atoms. The van der Waals surface area contributed by atoms with Gasteiger partial charge in [-0.15, -0.1) is 0 Å². The van der Waals surface area contributed by atoms with Gasteiger partial charge in [-0.05, 0) is 48.7 Å². The van der Waals surface area contributed by atoms with Crippen molar-refractivity contribution in [2.45, 2.75) is 117 Å². The minimum absolute atomic E-state index is 0.00358. The van der Waals surface area contributed by atoms with Gasteiger partial charge in [-0.25, -0.2) is 4.57 Å². The Bertz CT molecular complexity index is 1140. The van der Waals surface area contributed by atoms with Crippen LogP contribution in [0.1, 0.15) is 119 Å². The molecule has 0 unspecified atom stereocenters. The van der Waals surface area contributed by atoms with Crippen molar-refractivity contribution in [3.8, 4) is 5.75 Å². The zero-order valence-corrected chi connectivity index (χ0v) is 26.0. The lowest BCUT2D eigenvalue weighted by molar-refractivity contribution is -0.697. The number of nitrogens with zero attached hydrogens (tertiary/aromatic N) is 2. The summed E-state index contributed by atoms with van der Waals surface area (Å²) in [5.41, 5.74) is 3.80. The third-order valence-corrected chi connectivity index (χ3v) is 7.88. The number of rotatable bonds is 20. The van der Waals surface area contributed by atoms with Gasteiger partial charge >= 0.3 is 0 Å². The van der Waals surface area contributed by atoms with Crippen LogP contribution in [0.3, 0.4) is 0 Å². The molecule has 0 saturated heterocycles. The molecule has 0 fully saturated rings. The Labute approximate surface area is 249 Å². The Balaban J connectivity index is 1.51. The fourth-order valence-corrected chi connectivity index (χ4v) is 5.37. The smallest absolute Gasteiger partial charge is 0.264 e. The van der Waals surface area contributed by atoms with Gasteiger partial charge in [0.05, 0.1) is 13.2 Å². The number of aromatic nitrogens is 1. The zero-order chi connectivity index (χ0) is 29.1. The molecule has 222 valence electrons. The van der Waals surface area contributed by atoms with Gasteiger partial charge < -0.3 is 9.64 Å². The lowest BCUT2D eigenvalue weighted by Crippen LogP contribution is -2.36. The number of carbonyl (C=O) groups excluding carboxylic acids is 1. The van der Waals surface area contributed by atoms with Crippen molar-refractivity contribution in [3.63, 3.8) is 0 Å². The summed E-state index contributed by atoms with van der Waals surface area (Å²) >= 11 is 0. The largest absolute Gasteiger partial charge is 0.493 e. The number of aryl methyl sites for hydroxylation is 1. The second-order valence-electron chi connectivity index (χ2n) is 11.3. The first kappa shape index (κ1) is 32.4. The van der Waals surface area contributed by atoms with Crippen LogP contribution in [0.2, 0.25) is 0 Å². The van der Waals surface area contributed by atoms with E-state index >= 15 is 0 Å². The Morgan fingerprint density at radius 1 is 0.732 bits per heavy atom. The number of carbonyl (C=O) groups is 1. The van der Waals surface area contributed by atoms with E-state index in [1.54, 1.807) is 0 Å². The summed E-state index contributed by atoms with van der Waals surface area (Å²) in [6, 6.07) is 20.0. The molecular formula is C37H53N2O2+. The molecule has 0 atom stereocenters. The molecule has 2 aromatic carbocycles. The molecule has 0 saturated carbocycles. The van der Waals surface area contributed by atoms with E-state index in [-0.39, 0.29) is 5.91 Å². The summed E-state index contributed by atoms with van der Waals surface area (Å²) in [7, 11) is 0. The molecule has 1 aromatic heterocycles. The maximum absolute atomic E-state index is 13.8. The summed E-state index contributed by atoms with van der Waals surface area (Å²) in [5, 5.41) is 0. The van der Waals surface area contributed by atoms with Crippen molar-refractivity contribution in [2.24, 2.45) is 0 Å². The van der Waals surface area contributed by atoms with E-state index in [1.165, 1.54) is 70.6 Å². The second-order valence-corrected chi connectivity index (χ2v) is 11.3. The van der Waals surface area contributed by atoms with Crippen molar-refractivity contribution in [1.82, 2.24) is 0 Å². The summed E-state index contributed by atoms with van der Waals surface area (Å²) in [6.45, 7) is 8.66. The van der Waals surface area contributed by atoms with E-state index in [0.29, 0.717) is 12.1 Å². The van der Waals surface area contributed by atoms with Gasteiger partial charge in [-0.2, -0.15) is 0 Å². The van der Waals surface area contributed by atoms with Gasteiger partial charge in [-0.3, -0.25) is 4.79 Å². The van der Waals surface area contributed by atoms with Crippen molar-refractivity contribution < 1.29 is 14.1 Å². The number of benzene rings is 2. The molecule has 0 radical (unpaired) electrons. The van der Waals surface area contributed by atoms with Crippen LogP contribution in [0.25, 0.3) is 0 Å². The highest BCUT2D eigenvalue weighted by Gasteiger charge is 2.22. The minimum atomic E-state index is 0.00358. The first-order valence-corrected chi connectivity index (χ1v) is 16.2. The van der Waals surface area contributed by atoms with Crippen LogP contribution in [0.15, 0.2) is 73.1 Å². The fourth-order valence-electron chi connectivity index (χ4n) is 5.37. The third-order valence-electron chi connectivity index (χ3n) is 7.88. The van der Waals surface area contributed by atoms with E-state index in [2.05, 4.69) is 37.5 Å². The molecule has 0 aliphatic rings. The number of unbranched alkanes of at least 4 members (excludes halogenated alkanes) is 11. The lowest BCUT2D eigenvalue weighted by Gasteiger charge is -2.24. The summed E-state index contributed by atoms with van der Waals surface area (Å²) in [6.07, 6.45) is 21.1. The standard InChI is InChI=1S/C37H53N2O2/c1-4-6-7-8-9-10-11-12-13-14-15-19-29-41-36-26-20-22-33(32(36)3)31-39(35-24-17-16-18-25-35)37(40)34-23-21-28-38(30-34)27-5-2/h16-18,20-26,28,30H,4-15,19,27,29,31H2,1-3H3/q+1. The highest BCUT2D eigenvalue weighted by Crippen LogP contribution is 2.26. The average Bonchev–Trinajstić information content (AvgIpc) is 3.00. The van der Waals surface area contributed by atoms with Crippen molar-refractivity contribution in [2.75, 3.05) is 11.5 Å². The SMILES string of the molecule is CCCCCCCCCCCCCCOc1cccc(CN(C(=O)c2ccc[n+](CCC)c2)c2ccccc2)c1C. The highest BCUT2D eigenvalue weighted by atomic mass is 16.5. The van der Waals surface area contributed by atoms with Gasteiger partial charge in [0.2, 0.25) is 0 Å². The number of hydrogen-bond donors (Lipinski definition) is 0. The first-order chi connectivity index (χ1) is 20.1. The molecule has 1 amide bonds. The van der Waals surface area contributed by atoms with Crippen molar-refractivity contribution in [1.29, 1.82) is 0 Å². The molecule has 4 heteroatoms. The first-order valence-electron chi connectivity index (χ1n) is 16.2. The number of para-hydroxylation sites is 1. The molecule has 0 bridgehead atoms. The molecule has 1 heterocycles. The molecule has 4 nitrogen and oxygen atoms in total. The van der Waals surface area contributed by atoms with Gasteiger partial charge in [0.1, 0.15) is 17.9 Å². The highest BCUT2D eigenvalue weighted by molar-refractivity contribution is 6.05. The van der Waals surface area contributed by atoms with Crippen molar-refractivity contribution in [3.05, 3.63) is 89.7 Å². The Morgan fingerprint density at radius 3 is 2.05 bits per heavy atom. The summed E-state index contributed by atoms with van der Waals surface area (Å²) in [4.78, 5) is 15.7. The minimum Gasteiger partial charge on any atom is -0.493 e. The predicted octanol–water partition coefficient (Wildman–Crippen LogP) is 9.62. The van der Waals surface area contributed by atoms with E-state index in [9.17, 15) is 4.79 Å². The molecule has 0 aliphatic carbocycles. The number of pyridine rings is 1. The van der Waals surface area contributed by atoms with Crippen LogP contribution < -0.4 is 14.2 Å². The van der Waals surface area contributed by atoms with Crippen molar-refractivity contribution >= 4 is 11.6 Å². The Hall–Kier alpha value is -3.14. The number of hydrogen-bond acceptors (Lipinski definition) is 2. The molecule has 3 aromatic rings. The van der Waals surface area contributed by atoms with E-state index in [0.717, 1.165) is 48.6 Å². The zero-order valence-electron chi connectivity index (χ0n) is 26.0. The monoisotopic (exact) mass is 557 g/mol. The predicted molar refractivity (Wildman–Crippen MR) is 172 cm³/mol. The van der Waals surface area contributed by atoms with Gasteiger partial charge in [0.15, 0.2) is 12.4 Å². The van der Waals surface area contributed by atoms with E-state index < -0.39 is 0 Å². The van der Waals surface area contributed by atoms with Gasteiger partial charge in [0, 0.05) is 18.2 Å². The maximum atomic E-state index is 13.8. The summed E-state index contributed by atoms with van der Waals surface area (Å²) < 4.78 is 8.33. The van der Waals surface area contributed by atoms with Crippen LogP contribution in [-0.2, 0) is 13.1 Å². The normalized spacial score (nSPS) is 11.0. The number of amides is 1. The topological polar surface area (TPSA) is 33.4 Å². The Kier molecular flexibility index (Phi) is 15.1. The maximum Gasteiger partial charge on any atom is 0.264 e. The summed E-state index contributed by atoms with van der Waals surface area (Å²) in [5.74, 6) is 0.926. The van der Waals surface area contributed by atoms with Gasteiger partial charge in [-0.1, -0.05) is 115 Å². The van der Waals surface area contributed by atoms with Crippen LogP contribution in [0.5, 0.6) is 5.75 Å². The lowest BCUT2D eigenvalue weighted by atomic mass is 10.1. The fraction of sp³-hybridized carbons (Fsp3) is 0.514. The second kappa shape index (κ2) is 19.1. The Morgan fingerprint density at radius 2 is 1.39 bits per heavy atom. The molecule has 0 aliphatic heterocycles. The van der Waals surface area contributed by atoms with Crippen LogP contribution in [-0.4, -0.2) is 12.5 Å². The van der Waals surface area contributed by atoms with E-state index in [4.69, 9.17) is 4.74 Å². The molecular weight excluding hydrogens is 504 g/mol. The molecule has 41 heavy (non-hydrogen) atoms. The van der Waals surface area contributed by atoms with Crippen LogP contribution in [0, 0.1) is 6.92 Å². The van der Waals surface area contributed by atoms with Crippen LogP contribution >= 0.6 is 0 Å². The molecule has 3 rings (SSSR count).